The SMILES string of the molecule is CCCCCCCCCCCCCCOC[C@H](COP(=O)([O-])OCC[N+](C)(C)C)OO. The molecule has 0 rings (SSSR count). The van der Waals surface area contributed by atoms with Gasteiger partial charge in [-0.3, -0.25) is 9.82 Å². The van der Waals surface area contributed by atoms with E-state index < -0.39 is 13.9 Å². The van der Waals surface area contributed by atoms with Crippen molar-refractivity contribution in [3.63, 3.8) is 0 Å². The summed E-state index contributed by atoms with van der Waals surface area (Å²) in [5.74, 6) is 0. The number of phosphoric ester groups is 1. The van der Waals surface area contributed by atoms with Gasteiger partial charge in [0.15, 0.2) is 0 Å². The van der Waals surface area contributed by atoms with E-state index in [1.807, 2.05) is 21.1 Å². The molecular formula is C22H48NO7P. The van der Waals surface area contributed by atoms with Crippen molar-refractivity contribution < 1.29 is 37.9 Å². The van der Waals surface area contributed by atoms with Crippen molar-refractivity contribution in [3.05, 3.63) is 0 Å². The number of quaternary nitrogens is 1. The van der Waals surface area contributed by atoms with E-state index in [1.165, 1.54) is 64.2 Å². The van der Waals surface area contributed by atoms with Gasteiger partial charge in [0.05, 0.1) is 34.4 Å². The predicted molar refractivity (Wildman–Crippen MR) is 122 cm³/mol. The van der Waals surface area contributed by atoms with Gasteiger partial charge in [0.2, 0.25) is 0 Å². The van der Waals surface area contributed by atoms with Gasteiger partial charge in [-0.1, -0.05) is 77.6 Å². The number of hydrogen-bond acceptors (Lipinski definition) is 7. The molecule has 0 aromatic carbocycles. The van der Waals surface area contributed by atoms with Gasteiger partial charge in [0.25, 0.3) is 7.82 Å². The summed E-state index contributed by atoms with van der Waals surface area (Å²) >= 11 is 0. The summed E-state index contributed by atoms with van der Waals surface area (Å²) in [7, 11) is 1.38. The van der Waals surface area contributed by atoms with E-state index >= 15 is 0 Å². The summed E-state index contributed by atoms with van der Waals surface area (Å²) in [6, 6.07) is 0. The van der Waals surface area contributed by atoms with Gasteiger partial charge in [0, 0.05) is 6.61 Å². The maximum Gasteiger partial charge on any atom is 0.268 e. The van der Waals surface area contributed by atoms with Crippen LogP contribution in [0.1, 0.15) is 84.0 Å². The van der Waals surface area contributed by atoms with Crippen LogP contribution in [0.4, 0.5) is 0 Å². The van der Waals surface area contributed by atoms with E-state index in [0.717, 1.165) is 12.8 Å². The summed E-state index contributed by atoms with van der Waals surface area (Å²) in [4.78, 5) is 16.0. The van der Waals surface area contributed by atoms with E-state index in [-0.39, 0.29) is 19.8 Å². The Morgan fingerprint density at radius 2 is 1.32 bits per heavy atom. The lowest BCUT2D eigenvalue weighted by atomic mass is 10.1. The Balaban J connectivity index is 3.59. The lowest BCUT2D eigenvalue weighted by Crippen LogP contribution is -2.37. The lowest BCUT2D eigenvalue weighted by Gasteiger charge is -2.27. The van der Waals surface area contributed by atoms with Crippen molar-refractivity contribution in [3.8, 4) is 0 Å². The molecule has 0 saturated heterocycles. The standard InChI is InChI=1S/C22H48NO7P/c1-5-6-7-8-9-10-11-12-13-14-15-16-18-27-20-22(30-24)21-29-31(25,26)28-19-17-23(2,3)4/h22H,5-21H2,1-4H3,(H-,24,25,26)/t22-/m1/s1. The molecule has 2 atom stereocenters. The summed E-state index contributed by atoms with van der Waals surface area (Å²) < 4.78 is 27.4. The molecule has 1 N–H and O–H groups in total. The molecule has 0 bridgehead atoms. The quantitative estimate of drug-likeness (QED) is 0.0757. The minimum atomic E-state index is -4.43. The molecule has 1 unspecified atom stereocenters. The third kappa shape index (κ3) is 22.9. The zero-order valence-electron chi connectivity index (χ0n) is 20.4. The monoisotopic (exact) mass is 469 g/mol. The number of phosphoric acid groups is 1. The number of nitrogens with zero attached hydrogens (tertiary/aromatic N) is 1. The molecule has 0 radical (unpaired) electrons. The van der Waals surface area contributed by atoms with Crippen LogP contribution in [0, 0.1) is 0 Å². The molecule has 9 heteroatoms. The van der Waals surface area contributed by atoms with Gasteiger partial charge in [0.1, 0.15) is 19.3 Å². The van der Waals surface area contributed by atoms with Crippen LogP contribution in [0.25, 0.3) is 0 Å². The highest BCUT2D eigenvalue weighted by atomic mass is 31.2. The molecular weight excluding hydrogens is 421 g/mol. The Morgan fingerprint density at radius 3 is 1.81 bits per heavy atom. The summed E-state index contributed by atoms with van der Waals surface area (Å²) in [6.07, 6.45) is 14.4. The van der Waals surface area contributed by atoms with Gasteiger partial charge in [-0.25, -0.2) is 4.89 Å². The van der Waals surface area contributed by atoms with Gasteiger partial charge in [-0.15, -0.1) is 0 Å². The smallest absolute Gasteiger partial charge is 0.268 e. The molecule has 0 saturated carbocycles. The average molecular weight is 470 g/mol. The Bertz CT molecular complexity index is 446. The highest BCUT2D eigenvalue weighted by Gasteiger charge is 2.17. The van der Waals surface area contributed by atoms with Crippen LogP contribution in [0.2, 0.25) is 0 Å². The molecule has 0 fully saturated rings. The maximum atomic E-state index is 11.7. The van der Waals surface area contributed by atoms with Gasteiger partial charge in [-0.05, 0) is 6.42 Å². The van der Waals surface area contributed by atoms with Gasteiger partial charge < -0.3 is 23.2 Å². The van der Waals surface area contributed by atoms with E-state index in [1.54, 1.807) is 0 Å². The molecule has 0 aromatic rings. The van der Waals surface area contributed by atoms with Crippen LogP contribution in [0.3, 0.4) is 0 Å². The molecule has 0 aliphatic carbocycles. The third-order valence-corrected chi connectivity index (χ3v) is 5.99. The Hall–Kier alpha value is -0.0500. The normalized spacial score (nSPS) is 15.2. The molecule has 0 amide bonds. The van der Waals surface area contributed by atoms with Crippen molar-refractivity contribution in [2.24, 2.45) is 0 Å². The number of hydrogen-bond donors (Lipinski definition) is 1. The zero-order valence-corrected chi connectivity index (χ0v) is 21.3. The van der Waals surface area contributed by atoms with Crippen molar-refractivity contribution >= 4 is 7.82 Å². The largest absolute Gasteiger partial charge is 0.756 e. The second-order valence-corrected chi connectivity index (χ2v) is 10.7. The van der Waals surface area contributed by atoms with Crippen LogP contribution in [0.15, 0.2) is 0 Å². The molecule has 0 heterocycles. The van der Waals surface area contributed by atoms with E-state index in [4.69, 9.17) is 19.0 Å². The lowest BCUT2D eigenvalue weighted by molar-refractivity contribution is -0.870. The Labute approximate surface area is 190 Å². The average Bonchev–Trinajstić information content (AvgIpc) is 2.69. The van der Waals surface area contributed by atoms with Crippen molar-refractivity contribution in [1.82, 2.24) is 0 Å². The number of rotatable bonds is 23. The molecule has 188 valence electrons. The van der Waals surface area contributed by atoms with Gasteiger partial charge >= 0.3 is 0 Å². The van der Waals surface area contributed by atoms with Crippen molar-refractivity contribution in [1.29, 1.82) is 0 Å². The predicted octanol–water partition coefficient (Wildman–Crippen LogP) is 4.77. The maximum absolute atomic E-state index is 11.7. The van der Waals surface area contributed by atoms with Crippen LogP contribution in [0.5, 0.6) is 0 Å². The van der Waals surface area contributed by atoms with Crippen molar-refractivity contribution in [2.45, 2.75) is 90.1 Å². The molecule has 31 heavy (non-hydrogen) atoms. The first-order valence-electron chi connectivity index (χ1n) is 12.0. The number of unbranched alkanes of at least 4 members (excludes halogenated alkanes) is 11. The minimum Gasteiger partial charge on any atom is -0.756 e. The molecule has 0 aliphatic rings. The van der Waals surface area contributed by atoms with Crippen molar-refractivity contribution in [2.75, 3.05) is 54.1 Å². The molecule has 0 aromatic heterocycles. The van der Waals surface area contributed by atoms with Crippen LogP contribution >= 0.6 is 7.82 Å². The third-order valence-electron chi connectivity index (χ3n) is 5.03. The first-order valence-corrected chi connectivity index (χ1v) is 13.4. The molecule has 0 spiro atoms. The van der Waals surface area contributed by atoms with Gasteiger partial charge in [-0.2, -0.15) is 0 Å². The molecule has 0 aliphatic heterocycles. The fourth-order valence-electron chi connectivity index (χ4n) is 3.01. The highest BCUT2D eigenvalue weighted by molar-refractivity contribution is 7.45. The second-order valence-electron chi connectivity index (χ2n) is 9.28. The fraction of sp³-hybridized carbons (Fsp3) is 1.00. The molecule has 8 nitrogen and oxygen atoms in total. The first-order chi connectivity index (χ1) is 14.7. The summed E-state index contributed by atoms with van der Waals surface area (Å²) in [5, 5.41) is 8.91. The van der Waals surface area contributed by atoms with E-state index in [9.17, 15) is 9.46 Å². The number of likely N-dealkylation sites (N-methyl/N-ethyl adjacent to an activating group) is 1. The van der Waals surface area contributed by atoms with E-state index in [2.05, 4.69) is 11.8 Å². The fourth-order valence-corrected chi connectivity index (χ4v) is 3.74. The Kier molecular flexibility index (Phi) is 19.4. The Morgan fingerprint density at radius 1 is 0.806 bits per heavy atom. The van der Waals surface area contributed by atoms with Crippen LogP contribution < -0.4 is 4.89 Å². The minimum absolute atomic E-state index is 0.0321. The first kappa shape index (κ1) is 30.9. The van der Waals surface area contributed by atoms with E-state index in [0.29, 0.717) is 17.6 Å². The second kappa shape index (κ2) is 19.4. The highest BCUT2D eigenvalue weighted by Crippen LogP contribution is 2.38. The van der Waals surface area contributed by atoms with Crippen LogP contribution in [-0.2, 0) is 23.2 Å². The number of ether oxygens (including phenoxy) is 1. The van der Waals surface area contributed by atoms with Crippen LogP contribution in [-0.4, -0.2) is 70.0 Å². The zero-order chi connectivity index (χ0) is 23.4. The summed E-state index contributed by atoms with van der Waals surface area (Å²) in [5.41, 5.74) is 0. The topological polar surface area (TPSA) is 97.3 Å². The summed E-state index contributed by atoms with van der Waals surface area (Å²) in [6.45, 7) is 3.07.